The van der Waals surface area contributed by atoms with Crippen molar-refractivity contribution < 1.29 is 44.0 Å². The van der Waals surface area contributed by atoms with E-state index in [0.717, 1.165) is 5.69 Å². The lowest BCUT2D eigenvalue weighted by Crippen LogP contribution is -2.51. The number of hydrogen-bond acceptors (Lipinski definition) is 9. The van der Waals surface area contributed by atoms with E-state index in [4.69, 9.17) is 19.7 Å². The monoisotopic (exact) mass is 564 g/mol. The second-order valence-electron chi connectivity index (χ2n) is 8.76. The first kappa shape index (κ1) is 32.0. The van der Waals surface area contributed by atoms with Crippen molar-refractivity contribution in [3.8, 4) is 0 Å². The second-order valence-corrected chi connectivity index (χ2v) is 8.76. The van der Waals surface area contributed by atoms with Crippen LogP contribution in [0.5, 0.6) is 0 Å². The Kier molecular flexibility index (Phi) is 14.5. The Morgan fingerprint density at radius 1 is 0.875 bits per heavy atom. The summed E-state index contributed by atoms with van der Waals surface area (Å²) in [6.45, 7) is 2.83. The average molecular weight is 565 g/mol. The lowest BCUT2D eigenvalue weighted by atomic mass is 10.1. The number of amides is 2. The van der Waals surface area contributed by atoms with Gasteiger partial charge in [-0.3, -0.25) is 9.48 Å². The highest BCUT2D eigenvalue weighted by Gasteiger charge is 2.24. The average Bonchev–Trinajstić information content (AvgIpc) is 3.37. The van der Waals surface area contributed by atoms with Gasteiger partial charge in [0.1, 0.15) is 17.8 Å². The molecule has 2 atom stereocenters. The molecule has 1 aromatic heterocycles. The molecule has 0 aliphatic carbocycles. The van der Waals surface area contributed by atoms with E-state index in [9.17, 15) is 24.3 Å². The minimum absolute atomic E-state index is 0.0984. The maximum atomic E-state index is 12.1. The highest BCUT2D eigenvalue weighted by molar-refractivity contribution is 5.86. The summed E-state index contributed by atoms with van der Waals surface area (Å²) in [6.07, 6.45) is 2.02. The first-order valence-corrected chi connectivity index (χ1v) is 12.8. The number of aromatic nitrogens is 3. The molecule has 2 amide bonds. The van der Waals surface area contributed by atoms with Crippen LogP contribution in [0.1, 0.15) is 37.8 Å². The molecule has 220 valence electrons. The van der Waals surface area contributed by atoms with Crippen molar-refractivity contribution in [1.29, 1.82) is 0 Å². The van der Waals surface area contributed by atoms with E-state index in [1.54, 1.807) is 10.9 Å². The molecule has 15 nitrogen and oxygen atoms in total. The normalized spacial score (nSPS) is 12.3. The largest absolute Gasteiger partial charge is 0.481 e. The van der Waals surface area contributed by atoms with Gasteiger partial charge in [-0.25, -0.2) is 14.4 Å². The Balaban J connectivity index is 1.58. The molecule has 6 N–H and O–H groups in total. The van der Waals surface area contributed by atoms with Crippen molar-refractivity contribution in [3.05, 3.63) is 42.2 Å². The Morgan fingerprint density at radius 2 is 1.55 bits per heavy atom. The minimum Gasteiger partial charge on any atom is -0.481 e. The number of para-hydroxylation sites is 1. The zero-order chi connectivity index (χ0) is 29.2. The predicted molar refractivity (Wildman–Crippen MR) is 141 cm³/mol. The van der Waals surface area contributed by atoms with E-state index in [1.807, 2.05) is 30.3 Å². The van der Waals surface area contributed by atoms with E-state index in [1.165, 1.54) is 0 Å². The van der Waals surface area contributed by atoms with Gasteiger partial charge in [-0.2, -0.15) is 0 Å². The summed E-state index contributed by atoms with van der Waals surface area (Å²) in [4.78, 5) is 45.4. The number of aryl methyl sites for hydroxylation is 1. The van der Waals surface area contributed by atoms with Crippen molar-refractivity contribution in [2.45, 2.75) is 57.3 Å². The molecular weight excluding hydrogens is 528 g/mol. The van der Waals surface area contributed by atoms with Crippen molar-refractivity contribution >= 4 is 29.6 Å². The smallest absolute Gasteiger partial charge is 0.326 e. The molecule has 15 heteroatoms. The van der Waals surface area contributed by atoms with Crippen LogP contribution < -0.4 is 16.0 Å². The van der Waals surface area contributed by atoms with Crippen LogP contribution in [-0.4, -0.2) is 92.7 Å². The number of ether oxygens (including phenoxy) is 2. The number of anilines is 1. The Bertz CT molecular complexity index is 1070. The van der Waals surface area contributed by atoms with Crippen LogP contribution in [0, 0.1) is 0 Å². The summed E-state index contributed by atoms with van der Waals surface area (Å²) in [5.41, 5.74) is 1.68. The van der Waals surface area contributed by atoms with Gasteiger partial charge in [-0.15, -0.1) is 5.10 Å². The topological polar surface area (TPSA) is 214 Å². The molecule has 0 aliphatic heterocycles. The van der Waals surface area contributed by atoms with Crippen molar-refractivity contribution in [3.63, 3.8) is 0 Å². The van der Waals surface area contributed by atoms with Crippen LogP contribution in [0.3, 0.4) is 0 Å². The van der Waals surface area contributed by atoms with Crippen LogP contribution in [-0.2, 0) is 37.0 Å². The van der Waals surface area contributed by atoms with Gasteiger partial charge in [-0.05, 0) is 37.8 Å². The van der Waals surface area contributed by atoms with Crippen LogP contribution in [0.15, 0.2) is 36.5 Å². The molecule has 1 heterocycles. The number of benzene rings is 1. The van der Waals surface area contributed by atoms with Gasteiger partial charge in [0.05, 0.1) is 32.6 Å². The van der Waals surface area contributed by atoms with Gasteiger partial charge in [-0.1, -0.05) is 23.4 Å². The van der Waals surface area contributed by atoms with Gasteiger partial charge >= 0.3 is 23.9 Å². The maximum absolute atomic E-state index is 12.1. The Labute approximate surface area is 230 Å². The molecule has 0 spiro atoms. The molecule has 1 unspecified atom stereocenters. The minimum atomic E-state index is -1.45. The molecule has 0 saturated carbocycles. The molecule has 1 aromatic carbocycles. The van der Waals surface area contributed by atoms with Gasteiger partial charge in [0.15, 0.2) is 0 Å². The third-order valence-corrected chi connectivity index (χ3v) is 5.54. The first-order chi connectivity index (χ1) is 19.2. The number of carbonyl (C=O) groups excluding carboxylic acids is 1. The number of rotatable bonds is 21. The van der Waals surface area contributed by atoms with E-state index in [0.29, 0.717) is 51.4 Å². The van der Waals surface area contributed by atoms with Gasteiger partial charge in [0, 0.05) is 25.2 Å². The highest BCUT2D eigenvalue weighted by atomic mass is 16.5. The number of carboxylic acids is 3. The number of nitrogens with zero attached hydrogens (tertiary/aromatic N) is 3. The quantitative estimate of drug-likeness (QED) is 0.118. The van der Waals surface area contributed by atoms with E-state index in [2.05, 4.69) is 26.3 Å². The Morgan fingerprint density at radius 3 is 2.23 bits per heavy atom. The van der Waals surface area contributed by atoms with Crippen molar-refractivity contribution in [2.75, 3.05) is 31.7 Å². The number of hydrogen-bond donors (Lipinski definition) is 6. The number of carboxylic acid groups (broad SMARTS) is 3. The molecule has 2 aromatic rings. The van der Waals surface area contributed by atoms with Crippen LogP contribution in [0.4, 0.5) is 10.5 Å². The lowest BCUT2D eigenvalue weighted by molar-refractivity contribution is -0.140. The fraction of sp³-hybridized carbons (Fsp3) is 0.520. The fourth-order valence-electron chi connectivity index (χ4n) is 3.50. The van der Waals surface area contributed by atoms with Crippen LogP contribution in [0.25, 0.3) is 0 Å². The van der Waals surface area contributed by atoms with Gasteiger partial charge < -0.3 is 40.7 Å². The highest BCUT2D eigenvalue weighted by Crippen LogP contribution is 2.06. The molecule has 40 heavy (non-hydrogen) atoms. The standard InChI is InChI=1S/C25H36N6O9/c32-22(33)10-9-21(24(36)37)28-25(38)27-20(23(34)35)8-4-5-12-31-16-19(29-30-31)17-40-15-14-39-13-11-26-18-6-2-1-3-7-18/h1-3,6-7,16,20-21,26H,4-5,8-15,17H2,(H,32,33)(H,34,35)(H,36,37)(H2,27,28,38)/t20-,21?/m0/s1. The number of carbonyl (C=O) groups is 4. The molecule has 0 radical (unpaired) electrons. The summed E-state index contributed by atoms with van der Waals surface area (Å²) in [5, 5.41) is 42.8. The SMILES string of the molecule is O=C(O)CCC(NC(=O)N[C@@H](CCCCn1cc(COCCOCCNc2ccccc2)nn1)C(=O)O)C(=O)O. The summed E-state index contributed by atoms with van der Waals surface area (Å²) < 4.78 is 12.7. The number of nitrogens with one attached hydrogen (secondary N) is 3. The zero-order valence-electron chi connectivity index (χ0n) is 22.0. The molecule has 2 rings (SSSR count). The second kappa shape index (κ2) is 18.1. The number of urea groups is 1. The van der Waals surface area contributed by atoms with Gasteiger partial charge in [0.25, 0.3) is 0 Å². The molecule has 0 saturated heterocycles. The van der Waals surface area contributed by atoms with Crippen LogP contribution >= 0.6 is 0 Å². The van der Waals surface area contributed by atoms with E-state index in [-0.39, 0.29) is 19.4 Å². The van der Waals surface area contributed by atoms with E-state index >= 15 is 0 Å². The molecular formula is C25H36N6O9. The van der Waals surface area contributed by atoms with Crippen molar-refractivity contribution in [1.82, 2.24) is 25.6 Å². The molecule has 0 bridgehead atoms. The third kappa shape index (κ3) is 13.5. The van der Waals surface area contributed by atoms with Gasteiger partial charge in [0.2, 0.25) is 0 Å². The van der Waals surface area contributed by atoms with Crippen molar-refractivity contribution in [2.24, 2.45) is 0 Å². The number of unbranched alkanes of at least 4 members (excludes halogenated alkanes) is 1. The molecule has 0 aliphatic rings. The predicted octanol–water partition coefficient (Wildman–Crippen LogP) is 1.16. The summed E-state index contributed by atoms with van der Waals surface area (Å²) in [7, 11) is 0. The Hall–Kier alpha value is -4.24. The summed E-state index contributed by atoms with van der Waals surface area (Å²) >= 11 is 0. The zero-order valence-corrected chi connectivity index (χ0v) is 22.0. The number of aliphatic carboxylic acids is 3. The fourth-order valence-corrected chi connectivity index (χ4v) is 3.50. The summed E-state index contributed by atoms with van der Waals surface area (Å²) in [6, 6.07) is 6.14. The lowest BCUT2D eigenvalue weighted by Gasteiger charge is -2.18. The van der Waals surface area contributed by atoms with Crippen LogP contribution in [0.2, 0.25) is 0 Å². The first-order valence-electron chi connectivity index (χ1n) is 12.8. The summed E-state index contributed by atoms with van der Waals surface area (Å²) in [5.74, 6) is -3.90. The maximum Gasteiger partial charge on any atom is 0.326 e. The van der Waals surface area contributed by atoms with E-state index < -0.39 is 42.4 Å². The third-order valence-electron chi connectivity index (χ3n) is 5.54. The molecule has 0 fully saturated rings.